The molecule has 1 heterocycles. The van der Waals surface area contributed by atoms with Gasteiger partial charge in [0.25, 0.3) is 0 Å². The molecule has 5 nitrogen and oxygen atoms in total. The third-order valence-corrected chi connectivity index (χ3v) is 12.3. The lowest BCUT2D eigenvalue weighted by molar-refractivity contribution is -0.143. The van der Waals surface area contributed by atoms with Crippen LogP contribution in [0, 0.1) is 46.3 Å². The molecule has 0 radical (unpaired) electrons. The van der Waals surface area contributed by atoms with E-state index in [-0.39, 0.29) is 23.0 Å². The highest BCUT2D eigenvalue weighted by atomic mass is 16.4. The number of aliphatic carboxylic acids is 1. The maximum absolute atomic E-state index is 12.3. The van der Waals surface area contributed by atoms with Crippen molar-refractivity contribution < 1.29 is 20.1 Å². The Morgan fingerprint density at radius 2 is 1.81 bits per heavy atom. The lowest BCUT2D eigenvalue weighted by Gasteiger charge is -2.58. The van der Waals surface area contributed by atoms with Crippen LogP contribution in [-0.2, 0) is 4.79 Å². The van der Waals surface area contributed by atoms with Gasteiger partial charge >= 0.3 is 5.97 Å². The second kappa shape index (κ2) is 10.2. The highest BCUT2D eigenvalue weighted by molar-refractivity contribution is 5.74. The van der Waals surface area contributed by atoms with Crippen molar-refractivity contribution in [3.8, 4) is 0 Å². The Balaban J connectivity index is 1.47. The first-order valence-corrected chi connectivity index (χ1v) is 15.5. The summed E-state index contributed by atoms with van der Waals surface area (Å²) >= 11 is 0. The number of hydrogen-bond acceptors (Lipinski definition) is 4. The van der Waals surface area contributed by atoms with E-state index in [1.165, 1.54) is 37.7 Å². The normalized spacial score (nSPS) is 46.8. The summed E-state index contributed by atoms with van der Waals surface area (Å²) in [5.74, 6) is 2.90. The summed E-state index contributed by atoms with van der Waals surface area (Å²) in [6.45, 7) is 12.6. The van der Waals surface area contributed by atoms with Crippen molar-refractivity contribution in [1.82, 2.24) is 4.90 Å². The molecule has 210 valence electrons. The van der Waals surface area contributed by atoms with E-state index in [4.69, 9.17) is 0 Å². The molecule has 1 saturated heterocycles. The Hall–Kier alpha value is -0.910. The van der Waals surface area contributed by atoms with Crippen LogP contribution in [0.2, 0.25) is 0 Å². The molecule has 11 atom stereocenters. The number of rotatable bonds is 7. The Morgan fingerprint density at radius 1 is 1.05 bits per heavy atom. The molecule has 3 N–H and O–H groups in total. The molecule has 1 aliphatic heterocycles. The largest absolute Gasteiger partial charge is 0.480 e. The van der Waals surface area contributed by atoms with E-state index in [0.717, 1.165) is 32.1 Å². The van der Waals surface area contributed by atoms with Crippen molar-refractivity contribution in [3.63, 3.8) is 0 Å². The Bertz CT molecular complexity index is 886. The first-order valence-electron chi connectivity index (χ1n) is 15.5. The van der Waals surface area contributed by atoms with Crippen LogP contribution in [0.15, 0.2) is 11.6 Å². The SMILES string of the molecule is CC(C)CCC[C@@H](C)[C@H]1C(N2C[C@H](O)C[C@H]2C(=O)O)C[C@H]2[C@@H]3CC=C4C[C@@H](O)CC[C@]4(C)[C@H]3CC[C@]12C. The monoisotopic (exact) mass is 515 g/mol. The number of fused-ring (bicyclic) bond motifs is 5. The van der Waals surface area contributed by atoms with Gasteiger partial charge in [-0.1, -0.05) is 65.5 Å². The molecule has 0 aromatic carbocycles. The number of aliphatic hydroxyl groups is 2. The zero-order valence-corrected chi connectivity index (χ0v) is 24.0. The fourth-order valence-corrected chi connectivity index (χ4v) is 10.5. The zero-order valence-electron chi connectivity index (χ0n) is 24.0. The molecule has 0 aromatic heterocycles. The molecule has 0 aromatic rings. The van der Waals surface area contributed by atoms with Gasteiger partial charge < -0.3 is 15.3 Å². The number of carboxylic acids is 1. The smallest absolute Gasteiger partial charge is 0.321 e. The highest BCUT2D eigenvalue weighted by Gasteiger charge is 2.63. The summed E-state index contributed by atoms with van der Waals surface area (Å²) in [7, 11) is 0. The van der Waals surface area contributed by atoms with Crippen LogP contribution >= 0.6 is 0 Å². The minimum atomic E-state index is -0.765. The van der Waals surface area contributed by atoms with Gasteiger partial charge in [0.2, 0.25) is 0 Å². The molecule has 5 aliphatic rings. The lowest BCUT2D eigenvalue weighted by atomic mass is 9.47. The van der Waals surface area contributed by atoms with Crippen molar-refractivity contribution in [1.29, 1.82) is 0 Å². The van der Waals surface area contributed by atoms with Gasteiger partial charge in [0, 0.05) is 19.0 Å². The number of aliphatic hydroxyl groups excluding tert-OH is 2. The molecule has 0 amide bonds. The quantitative estimate of drug-likeness (QED) is 0.369. The van der Waals surface area contributed by atoms with Gasteiger partial charge in [-0.15, -0.1) is 0 Å². The van der Waals surface area contributed by atoms with Crippen molar-refractivity contribution in [2.45, 2.75) is 130 Å². The minimum Gasteiger partial charge on any atom is -0.480 e. The zero-order chi connectivity index (χ0) is 26.7. The van der Waals surface area contributed by atoms with Gasteiger partial charge in [-0.3, -0.25) is 9.69 Å². The van der Waals surface area contributed by atoms with Crippen LogP contribution in [0.4, 0.5) is 0 Å². The van der Waals surface area contributed by atoms with Gasteiger partial charge in [-0.05, 0) is 91.3 Å². The number of β-amino-alcohol motifs (C(OH)–C–C–N with tert-alkyl or cyclic N) is 1. The topological polar surface area (TPSA) is 81.0 Å². The number of allylic oxidation sites excluding steroid dienone is 1. The van der Waals surface area contributed by atoms with Crippen LogP contribution in [0.5, 0.6) is 0 Å². The first kappa shape index (κ1) is 27.6. The van der Waals surface area contributed by atoms with Gasteiger partial charge in [-0.25, -0.2) is 0 Å². The number of nitrogens with zero attached hydrogens (tertiary/aromatic N) is 1. The molecule has 4 aliphatic carbocycles. The fraction of sp³-hybridized carbons (Fsp3) is 0.906. The van der Waals surface area contributed by atoms with Gasteiger partial charge in [0.15, 0.2) is 0 Å². The van der Waals surface area contributed by atoms with E-state index < -0.39 is 18.1 Å². The average Bonchev–Trinajstić information content (AvgIpc) is 3.36. The summed E-state index contributed by atoms with van der Waals surface area (Å²) in [6.07, 6.45) is 13.4. The minimum absolute atomic E-state index is 0.175. The van der Waals surface area contributed by atoms with Gasteiger partial charge in [-0.2, -0.15) is 0 Å². The maximum atomic E-state index is 12.3. The molecular formula is C32H53NO4. The molecule has 3 saturated carbocycles. The molecule has 5 heteroatoms. The highest BCUT2D eigenvalue weighted by Crippen LogP contribution is 2.68. The van der Waals surface area contributed by atoms with E-state index in [0.29, 0.717) is 48.5 Å². The Labute approximate surface area is 225 Å². The summed E-state index contributed by atoms with van der Waals surface area (Å²) in [5, 5.41) is 31.1. The molecule has 5 rings (SSSR count). The predicted molar refractivity (Wildman–Crippen MR) is 147 cm³/mol. The maximum Gasteiger partial charge on any atom is 0.321 e. The molecule has 4 fully saturated rings. The Morgan fingerprint density at radius 3 is 2.51 bits per heavy atom. The van der Waals surface area contributed by atoms with Crippen molar-refractivity contribution in [2.24, 2.45) is 46.3 Å². The standard InChI is InChI=1S/C32H53NO4/c1-19(2)7-6-8-20(3)29-27(33-18-23(35)16-28(33)30(36)37)17-26-24-10-9-21-15-22(34)11-13-31(21,4)25(24)12-14-32(26,29)5/h9,19-20,22-29,34-35H,6-8,10-18H2,1-5H3,(H,36,37)/t20-,22+,23-,24-,25+,26+,27?,28+,29+,31+,32+/m1/s1. The van der Waals surface area contributed by atoms with E-state index in [1.54, 1.807) is 0 Å². The summed E-state index contributed by atoms with van der Waals surface area (Å²) in [5.41, 5.74) is 1.95. The van der Waals surface area contributed by atoms with Crippen LogP contribution in [0.25, 0.3) is 0 Å². The molecule has 0 spiro atoms. The van der Waals surface area contributed by atoms with Crippen molar-refractivity contribution in [3.05, 3.63) is 11.6 Å². The number of hydrogen-bond donors (Lipinski definition) is 3. The fourth-order valence-electron chi connectivity index (χ4n) is 10.5. The van der Waals surface area contributed by atoms with Crippen LogP contribution in [0.3, 0.4) is 0 Å². The molecule has 0 bridgehead atoms. The molecular weight excluding hydrogens is 462 g/mol. The summed E-state index contributed by atoms with van der Waals surface area (Å²) in [4.78, 5) is 14.5. The van der Waals surface area contributed by atoms with Gasteiger partial charge in [0.1, 0.15) is 6.04 Å². The van der Waals surface area contributed by atoms with Crippen LogP contribution in [0.1, 0.15) is 105 Å². The lowest BCUT2D eigenvalue weighted by Crippen LogP contribution is -2.52. The van der Waals surface area contributed by atoms with Gasteiger partial charge in [0.05, 0.1) is 12.2 Å². The second-order valence-electron chi connectivity index (χ2n) is 14.8. The van der Waals surface area contributed by atoms with Crippen LogP contribution in [-0.4, -0.2) is 57.0 Å². The van der Waals surface area contributed by atoms with Crippen LogP contribution < -0.4 is 0 Å². The van der Waals surface area contributed by atoms with E-state index in [9.17, 15) is 20.1 Å². The molecule has 37 heavy (non-hydrogen) atoms. The number of carboxylic acid groups (broad SMARTS) is 1. The first-order chi connectivity index (χ1) is 17.5. The summed E-state index contributed by atoms with van der Waals surface area (Å²) < 4.78 is 0. The number of likely N-dealkylation sites (tertiary alicyclic amines) is 1. The number of carbonyl (C=O) groups is 1. The van der Waals surface area contributed by atoms with Crippen molar-refractivity contribution >= 4 is 5.97 Å². The third-order valence-electron chi connectivity index (χ3n) is 12.3. The van der Waals surface area contributed by atoms with E-state index in [1.807, 2.05) is 0 Å². The second-order valence-corrected chi connectivity index (χ2v) is 14.8. The van der Waals surface area contributed by atoms with E-state index >= 15 is 0 Å². The predicted octanol–water partition coefficient (Wildman–Crippen LogP) is 5.89. The van der Waals surface area contributed by atoms with Crippen molar-refractivity contribution in [2.75, 3.05) is 6.54 Å². The van der Waals surface area contributed by atoms with E-state index in [2.05, 4.69) is 45.6 Å². The summed E-state index contributed by atoms with van der Waals surface area (Å²) in [6, 6.07) is -0.312. The third kappa shape index (κ3) is 4.73. The average molecular weight is 516 g/mol. The molecule has 1 unspecified atom stereocenters. The Kier molecular flexibility index (Phi) is 7.66.